The van der Waals surface area contributed by atoms with Crippen LogP contribution in [-0.4, -0.2) is 31.0 Å². The Morgan fingerprint density at radius 3 is 2.57 bits per heavy atom. The number of esters is 1. The van der Waals surface area contributed by atoms with Crippen molar-refractivity contribution in [3.05, 3.63) is 50.9 Å². The number of thioether (sulfide) groups is 1. The molecule has 28 heavy (non-hydrogen) atoms. The van der Waals surface area contributed by atoms with Crippen molar-refractivity contribution in [2.24, 2.45) is 10.6 Å². The van der Waals surface area contributed by atoms with Crippen molar-refractivity contribution in [2.45, 2.75) is 30.9 Å². The van der Waals surface area contributed by atoms with Gasteiger partial charge in [-0.2, -0.15) is 0 Å². The Morgan fingerprint density at radius 1 is 1.21 bits per heavy atom. The first-order valence-corrected chi connectivity index (χ1v) is 11.0. The fraction of sp³-hybridized carbons (Fsp3) is 0.350. The molecule has 2 aromatic rings. The predicted octanol–water partition coefficient (Wildman–Crippen LogP) is 5.44. The lowest BCUT2D eigenvalue weighted by Crippen LogP contribution is -2.28. The predicted molar refractivity (Wildman–Crippen MR) is 113 cm³/mol. The molecule has 0 N–H and O–H groups in total. The van der Waals surface area contributed by atoms with Crippen LogP contribution in [0.1, 0.15) is 51.4 Å². The first-order valence-electron chi connectivity index (χ1n) is 8.58. The van der Waals surface area contributed by atoms with E-state index in [1.165, 1.54) is 30.2 Å². The normalized spacial score (nSPS) is 16.5. The number of rotatable bonds is 4. The molecule has 0 bridgehead atoms. The number of carbonyl (C=O) groups excluding carboxylic acids is 2. The van der Waals surface area contributed by atoms with E-state index < -0.39 is 5.97 Å². The summed E-state index contributed by atoms with van der Waals surface area (Å²) in [6.45, 7) is 4.19. The van der Waals surface area contributed by atoms with Crippen LogP contribution >= 0.6 is 34.7 Å². The molecule has 3 rings (SSSR count). The third kappa shape index (κ3) is 4.11. The highest BCUT2D eigenvalue weighted by Gasteiger charge is 2.37. The molecule has 1 heterocycles. The highest BCUT2D eigenvalue weighted by atomic mass is 35.5. The van der Waals surface area contributed by atoms with E-state index in [0.717, 1.165) is 21.8 Å². The number of hydrogen-bond acceptors (Lipinski definition) is 7. The van der Waals surface area contributed by atoms with Gasteiger partial charge in [-0.25, -0.2) is 9.59 Å². The third-order valence-corrected chi connectivity index (χ3v) is 7.11. The quantitative estimate of drug-likeness (QED) is 0.275. The lowest BCUT2D eigenvalue weighted by Gasteiger charge is -2.31. The van der Waals surface area contributed by atoms with E-state index in [1.807, 2.05) is 6.26 Å². The van der Waals surface area contributed by atoms with Crippen molar-refractivity contribution in [2.75, 3.05) is 13.4 Å². The topological polar surface area (TPSA) is 65.0 Å². The average molecular weight is 438 g/mol. The Kier molecular flexibility index (Phi) is 6.17. The molecule has 0 atom stereocenters. The number of carbonyl (C=O) groups is 2. The van der Waals surface area contributed by atoms with Gasteiger partial charge in [0.15, 0.2) is 0 Å². The van der Waals surface area contributed by atoms with Crippen molar-refractivity contribution in [3.8, 4) is 0 Å². The molecule has 0 saturated heterocycles. The summed E-state index contributed by atoms with van der Waals surface area (Å²) in [5.74, 6) is -0.969. The van der Waals surface area contributed by atoms with Gasteiger partial charge in [0.1, 0.15) is 4.88 Å². The maximum absolute atomic E-state index is 12.4. The standard InChI is InChI=1S/C20H20ClNO4S2/c1-20(2)9-12-15(19(27-4)28-16(12)18(24)25-3)14(10-20)22-26-17(23)11-7-5-6-8-13(11)21/h5-8H,9-10H2,1-4H3. The van der Waals surface area contributed by atoms with Crippen LogP contribution in [0.25, 0.3) is 0 Å². The van der Waals surface area contributed by atoms with Gasteiger partial charge >= 0.3 is 11.9 Å². The molecule has 1 aliphatic carbocycles. The molecular weight excluding hydrogens is 418 g/mol. The van der Waals surface area contributed by atoms with Crippen molar-refractivity contribution < 1.29 is 19.2 Å². The van der Waals surface area contributed by atoms with Crippen LogP contribution in [-0.2, 0) is 16.0 Å². The van der Waals surface area contributed by atoms with Gasteiger partial charge in [-0.1, -0.05) is 42.7 Å². The van der Waals surface area contributed by atoms with Crippen LogP contribution in [0, 0.1) is 5.41 Å². The van der Waals surface area contributed by atoms with Gasteiger partial charge < -0.3 is 9.57 Å². The van der Waals surface area contributed by atoms with Crippen LogP contribution in [0.15, 0.2) is 33.6 Å². The Hall–Kier alpha value is -1.83. The summed E-state index contributed by atoms with van der Waals surface area (Å²) < 4.78 is 5.91. The van der Waals surface area contributed by atoms with E-state index in [2.05, 4.69) is 19.0 Å². The molecule has 148 valence electrons. The maximum Gasteiger partial charge on any atom is 0.367 e. The van der Waals surface area contributed by atoms with E-state index >= 15 is 0 Å². The van der Waals surface area contributed by atoms with Crippen molar-refractivity contribution >= 4 is 52.3 Å². The van der Waals surface area contributed by atoms with Crippen LogP contribution in [0.4, 0.5) is 0 Å². The number of fused-ring (bicyclic) bond motifs is 1. The van der Waals surface area contributed by atoms with Crippen LogP contribution in [0.3, 0.4) is 0 Å². The Labute approximate surface area is 177 Å². The molecule has 1 aliphatic rings. The molecule has 0 unspecified atom stereocenters. The van der Waals surface area contributed by atoms with Gasteiger partial charge in [0.25, 0.3) is 0 Å². The number of nitrogens with zero attached hydrogens (tertiary/aromatic N) is 1. The fourth-order valence-corrected chi connectivity index (χ4v) is 5.47. The van der Waals surface area contributed by atoms with Gasteiger partial charge in [0, 0.05) is 5.56 Å². The van der Waals surface area contributed by atoms with E-state index in [1.54, 1.807) is 24.3 Å². The van der Waals surface area contributed by atoms with E-state index in [-0.39, 0.29) is 16.9 Å². The minimum absolute atomic E-state index is 0.137. The first-order chi connectivity index (χ1) is 13.3. The number of oxime groups is 1. The van der Waals surface area contributed by atoms with Crippen LogP contribution in [0.5, 0.6) is 0 Å². The minimum atomic E-state index is -0.614. The van der Waals surface area contributed by atoms with E-state index in [4.69, 9.17) is 21.2 Å². The number of thiophene rings is 1. The number of hydrogen-bond donors (Lipinski definition) is 0. The molecular formula is C20H20ClNO4S2. The summed E-state index contributed by atoms with van der Waals surface area (Å²) in [7, 11) is 1.38. The summed E-state index contributed by atoms with van der Waals surface area (Å²) >= 11 is 9.00. The van der Waals surface area contributed by atoms with Crippen LogP contribution in [0.2, 0.25) is 5.02 Å². The average Bonchev–Trinajstić information content (AvgIpc) is 3.02. The molecule has 0 radical (unpaired) electrons. The third-order valence-electron chi connectivity index (χ3n) is 4.45. The van der Waals surface area contributed by atoms with Crippen LogP contribution < -0.4 is 0 Å². The van der Waals surface area contributed by atoms with Crippen molar-refractivity contribution in [1.29, 1.82) is 0 Å². The Morgan fingerprint density at radius 2 is 1.93 bits per heavy atom. The van der Waals surface area contributed by atoms with Crippen molar-refractivity contribution in [1.82, 2.24) is 0 Å². The number of methoxy groups -OCH3 is 1. The number of ether oxygens (including phenoxy) is 1. The number of benzene rings is 1. The second-order valence-electron chi connectivity index (χ2n) is 7.18. The highest BCUT2D eigenvalue weighted by molar-refractivity contribution is 8.00. The molecule has 0 aliphatic heterocycles. The van der Waals surface area contributed by atoms with Gasteiger partial charge in [-0.15, -0.1) is 23.1 Å². The lowest BCUT2D eigenvalue weighted by atomic mass is 9.74. The molecule has 0 saturated carbocycles. The second kappa shape index (κ2) is 8.27. The summed E-state index contributed by atoms with van der Waals surface area (Å²) in [4.78, 5) is 30.5. The minimum Gasteiger partial charge on any atom is -0.465 e. The first kappa shape index (κ1) is 20.9. The number of halogens is 1. The second-order valence-corrected chi connectivity index (χ2v) is 9.68. The van der Waals surface area contributed by atoms with Gasteiger partial charge in [-0.05, 0) is 42.2 Å². The van der Waals surface area contributed by atoms with Gasteiger partial charge in [0.2, 0.25) is 0 Å². The summed E-state index contributed by atoms with van der Waals surface area (Å²) in [6, 6.07) is 6.67. The smallest absolute Gasteiger partial charge is 0.367 e. The fourth-order valence-electron chi connectivity index (χ4n) is 3.24. The molecule has 5 nitrogen and oxygen atoms in total. The Balaban J connectivity index is 2.02. The lowest BCUT2D eigenvalue weighted by molar-refractivity contribution is 0.0512. The maximum atomic E-state index is 12.4. The monoisotopic (exact) mass is 437 g/mol. The zero-order valence-electron chi connectivity index (χ0n) is 16.0. The summed E-state index contributed by atoms with van der Waals surface area (Å²) in [5, 5.41) is 4.51. The van der Waals surface area contributed by atoms with Crippen molar-refractivity contribution in [3.63, 3.8) is 0 Å². The Bertz CT molecular complexity index is 965. The SMILES string of the molecule is COC(=O)c1sc(SC)c2c1CC(C)(C)CC2=NOC(=O)c1ccccc1Cl. The zero-order valence-corrected chi connectivity index (χ0v) is 18.4. The summed E-state index contributed by atoms with van der Waals surface area (Å²) in [5.41, 5.74) is 2.56. The van der Waals surface area contributed by atoms with Gasteiger partial charge in [-0.3, -0.25) is 0 Å². The zero-order chi connectivity index (χ0) is 20.5. The van der Waals surface area contributed by atoms with E-state index in [9.17, 15) is 9.59 Å². The molecule has 0 amide bonds. The molecule has 8 heteroatoms. The summed E-state index contributed by atoms with van der Waals surface area (Å²) in [6.07, 6.45) is 3.29. The van der Waals surface area contributed by atoms with E-state index in [0.29, 0.717) is 22.0 Å². The molecule has 0 fully saturated rings. The molecule has 1 aromatic heterocycles. The molecule has 1 aromatic carbocycles. The largest absolute Gasteiger partial charge is 0.465 e. The molecule has 0 spiro atoms. The highest BCUT2D eigenvalue weighted by Crippen LogP contribution is 2.45. The van der Waals surface area contributed by atoms with Gasteiger partial charge in [0.05, 0.1) is 27.6 Å².